The number of benzene rings is 1. The first-order chi connectivity index (χ1) is 9.81. The molecule has 0 aliphatic rings. The Morgan fingerprint density at radius 2 is 1.95 bits per heavy atom. The van der Waals surface area contributed by atoms with Crippen LogP contribution >= 0.6 is 0 Å². The Balaban J connectivity index is 2.21. The predicted octanol–water partition coefficient (Wildman–Crippen LogP) is 1.14. The molecule has 114 valence electrons. The maximum Gasteiger partial charge on any atom is 0.238 e. The summed E-state index contributed by atoms with van der Waals surface area (Å²) in [6.45, 7) is 1.47. The summed E-state index contributed by atoms with van der Waals surface area (Å²) in [6.07, 6.45) is 0.513. The molecule has 0 bridgehead atoms. The van der Waals surface area contributed by atoms with Crippen LogP contribution in [0.2, 0.25) is 0 Å². The van der Waals surface area contributed by atoms with Gasteiger partial charge >= 0.3 is 0 Å². The number of nitrogens with two attached hydrogens (primary N) is 1. The molecule has 1 heterocycles. The summed E-state index contributed by atoms with van der Waals surface area (Å²) in [4.78, 5) is 3.21. The van der Waals surface area contributed by atoms with Crippen molar-refractivity contribution in [1.29, 1.82) is 0 Å². The van der Waals surface area contributed by atoms with E-state index in [0.717, 1.165) is 0 Å². The lowest BCUT2D eigenvalue weighted by Crippen LogP contribution is -2.13. The maximum atomic E-state index is 13.7. The van der Waals surface area contributed by atoms with Crippen molar-refractivity contribution in [2.75, 3.05) is 0 Å². The number of aromatic nitrogens is 2. The van der Waals surface area contributed by atoms with Crippen molar-refractivity contribution in [1.82, 2.24) is 10.1 Å². The van der Waals surface area contributed by atoms with Gasteiger partial charge in [0.25, 0.3) is 0 Å². The monoisotopic (exact) mass is 319 g/mol. The fourth-order valence-electron chi connectivity index (χ4n) is 1.47. The first-order valence-corrected chi connectivity index (χ1v) is 7.32. The molecule has 0 saturated heterocycles. The Labute approximate surface area is 118 Å². The molecule has 2 rings (SSSR count). The highest BCUT2D eigenvalue weighted by Gasteiger charge is 2.18. The van der Waals surface area contributed by atoms with Gasteiger partial charge in [-0.25, -0.2) is 22.3 Å². The zero-order valence-corrected chi connectivity index (χ0v) is 11.7. The number of ether oxygens (including phenoxy) is 1. The molecule has 0 aliphatic carbocycles. The summed E-state index contributed by atoms with van der Waals surface area (Å²) in [7, 11) is -4.21. The SMILES string of the molecule is CCc1nc(COc2c(F)cc(S(N)(=O)=O)cc2F)no1. The van der Waals surface area contributed by atoms with E-state index in [0.29, 0.717) is 24.4 Å². The van der Waals surface area contributed by atoms with Crippen molar-refractivity contribution in [3.05, 3.63) is 35.5 Å². The molecule has 0 aliphatic heterocycles. The van der Waals surface area contributed by atoms with Gasteiger partial charge in [0, 0.05) is 6.42 Å². The van der Waals surface area contributed by atoms with E-state index in [-0.39, 0.29) is 12.4 Å². The van der Waals surface area contributed by atoms with Gasteiger partial charge in [0.1, 0.15) is 0 Å². The van der Waals surface area contributed by atoms with E-state index in [9.17, 15) is 17.2 Å². The van der Waals surface area contributed by atoms with Gasteiger partial charge in [0.05, 0.1) is 4.90 Å². The van der Waals surface area contributed by atoms with E-state index in [1.165, 1.54) is 0 Å². The largest absolute Gasteiger partial charge is 0.479 e. The van der Waals surface area contributed by atoms with Crippen LogP contribution in [-0.4, -0.2) is 18.6 Å². The van der Waals surface area contributed by atoms with Crippen LogP contribution in [0.15, 0.2) is 21.6 Å². The molecule has 21 heavy (non-hydrogen) atoms. The van der Waals surface area contributed by atoms with Crippen LogP contribution in [0.3, 0.4) is 0 Å². The van der Waals surface area contributed by atoms with Crippen LogP contribution in [0, 0.1) is 11.6 Å². The molecule has 0 spiro atoms. The van der Waals surface area contributed by atoms with E-state index in [2.05, 4.69) is 10.1 Å². The molecule has 0 saturated carbocycles. The van der Waals surface area contributed by atoms with Gasteiger partial charge in [-0.15, -0.1) is 0 Å². The first-order valence-electron chi connectivity index (χ1n) is 5.77. The lowest BCUT2D eigenvalue weighted by atomic mass is 10.3. The fraction of sp³-hybridized carbons (Fsp3) is 0.273. The van der Waals surface area contributed by atoms with E-state index in [1.54, 1.807) is 6.92 Å². The zero-order valence-electron chi connectivity index (χ0n) is 10.8. The summed E-state index contributed by atoms with van der Waals surface area (Å²) in [6, 6.07) is 1.14. The number of hydrogen-bond donors (Lipinski definition) is 1. The molecule has 0 amide bonds. The molecule has 2 N–H and O–H groups in total. The van der Waals surface area contributed by atoms with E-state index in [1.807, 2.05) is 0 Å². The van der Waals surface area contributed by atoms with Gasteiger partial charge < -0.3 is 9.26 Å². The highest BCUT2D eigenvalue weighted by molar-refractivity contribution is 7.89. The molecule has 7 nitrogen and oxygen atoms in total. The van der Waals surface area contributed by atoms with Crippen molar-refractivity contribution in [3.8, 4) is 5.75 Å². The van der Waals surface area contributed by atoms with Gasteiger partial charge in [0.2, 0.25) is 21.7 Å². The second-order valence-electron chi connectivity index (χ2n) is 4.01. The number of rotatable bonds is 5. The molecule has 0 radical (unpaired) electrons. The Morgan fingerprint density at radius 1 is 1.33 bits per heavy atom. The van der Waals surface area contributed by atoms with Crippen LogP contribution in [0.5, 0.6) is 5.75 Å². The van der Waals surface area contributed by atoms with E-state index in [4.69, 9.17) is 14.4 Å². The zero-order chi connectivity index (χ0) is 15.6. The van der Waals surface area contributed by atoms with E-state index >= 15 is 0 Å². The standard InChI is InChI=1S/C11H11F2N3O4S/c1-2-10-15-9(16-20-10)5-19-11-7(12)3-6(4-8(11)13)21(14,17)18/h3-4H,2,5H2,1H3,(H2,14,17,18). The smallest absolute Gasteiger partial charge is 0.238 e. The molecule has 0 fully saturated rings. The summed E-state index contributed by atoms with van der Waals surface area (Å²) in [5.74, 6) is -2.66. The summed E-state index contributed by atoms with van der Waals surface area (Å²) >= 11 is 0. The first kappa shape index (κ1) is 15.3. The van der Waals surface area contributed by atoms with E-state index < -0.39 is 32.3 Å². The number of hydrogen-bond acceptors (Lipinski definition) is 6. The topological polar surface area (TPSA) is 108 Å². The lowest BCUT2D eigenvalue weighted by Gasteiger charge is -2.07. The Kier molecular flexibility index (Phi) is 4.19. The third-order valence-corrected chi connectivity index (χ3v) is 3.35. The summed E-state index contributed by atoms with van der Waals surface area (Å²) in [5.41, 5.74) is 0. The molecule has 10 heteroatoms. The van der Waals surface area contributed by atoms with Crippen molar-refractivity contribution < 1.29 is 26.5 Å². The molecular weight excluding hydrogens is 308 g/mol. The molecule has 0 atom stereocenters. The van der Waals surface area contributed by atoms with Crippen LogP contribution in [0.4, 0.5) is 8.78 Å². The Morgan fingerprint density at radius 3 is 2.43 bits per heavy atom. The molecule has 0 unspecified atom stereocenters. The third kappa shape index (κ3) is 3.52. The minimum atomic E-state index is -4.21. The predicted molar refractivity (Wildman–Crippen MR) is 65.7 cm³/mol. The lowest BCUT2D eigenvalue weighted by molar-refractivity contribution is 0.258. The van der Waals surface area contributed by atoms with Crippen LogP contribution in [-0.2, 0) is 23.1 Å². The van der Waals surface area contributed by atoms with Crippen LogP contribution < -0.4 is 9.88 Å². The van der Waals surface area contributed by atoms with Crippen molar-refractivity contribution >= 4 is 10.0 Å². The molecule has 1 aromatic heterocycles. The number of sulfonamides is 1. The highest BCUT2D eigenvalue weighted by Crippen LogP contribution is 2.25. The third-order valence-electron chi connectivity index (χ3n) is 2.46. The summed E-state index contributed by atoms with van der Waals surface area (Å²) in [5, 5.41) is 8.34. The second-order valence-corrected chi connectivity index (χ2v) is 5.57. The minimum Gasteiger partial charge on any atom is -0.479 e. The van der Waals surface area contributed by atoms with Crippen molar-refractivity contribution in [3.63, 3.8) is 0 Å². The quantitative estimate of drug-likeness (QED) is 0.885. The second kappa shape index (κ2) is 5.74. The van der Waals surface area contributed by atoms with Gasteiger partial charge in [-0.1, -0.05) is 12.1 Å². The van der Waals surface area contributed by atoms with Gasteiger partial charge in [0.15, 0.2) is 24.0 Å². The average Bonchev–Trinajstić information content (AvgIpc) is 2.84. The Hall–Kier alpha value is -2.07. The van der Waals surface area contributed by atoms with Gasteiger partial charge in [-0.2, -0.15) is 4.98 Å². The number of primary sulfonamides is 1. The van der Waals surface area contributed by atoms with Crippen molar-refractivity contribution in [2.24, 2.45) is 5.14 Å². The summed E-state index contributed by atoms with van der Waals surface area (Å²) < 4.78 is 59.1. The molecule has 1 aromatic carbocycles. The average molecular weight is 319 g/mol. The Bertz CT molecular complexity index is 738. The minimum absolute atomic E-state index is 0.112. The molecule has 2 aromatic rings. The van der Waals surface area contributed by atoms with Gasteiger partial charge in [-0.05, 0) is 12.1 Å². The normalized spacial score (nSPS) is 11.6. The number of halogens is 2. The highest BCUT2D eigenvalue weighted by atomic mass is 32.2. The van der Waals surface area contributed by atoms with Gasteiger partial charge in [-0.3, -0.25) is 0 Å². The van der Waals surface area contributed by atoms with Crippen LogP contribution in [0.1, 0.15) is 18.6 Å². The molecular formula is C11H11F2N3O4S. The number of aryl methyl sites for hydroxylation is 1. The fourth-order valence-corrected chi connectivity index (χ4v) is 2.00. The van der Waals surface area contributed by atoms with Crippen molar-refractivity contribution in [2.45, 2.75) is 24.8 Å². The maximum absolute atomic E-state index is 13.7. The number of nitrogens with zero attached hydrogens (tertiary/aromatic N) is 2. The van der Waals surface area contributed by atoms with Crippen LogP contribution in [0.25, 0.3) is 0 Å².